The number of anilines is 1. The second kappa shape index (κ2) is 6.57. The number of urea groups is 1. The Morgan fingerprint density at radius 2 is 2.05 bits per heavy atom. The minimum Gasteiger partial charge on any atom is -0.352 e. The number of amides is 3. The summed E-state index contributed by atoms with van der Waals surface area (Å²) in [7, 11) is 0. The lowest BCUT2D eigenvalue weighted by atomic mass is 10.2. The van der Waals surface area contributed by atoms with E-state index in [0.29, 0.717) is 18.1 Å². The molecule has 0 atom stereocenters. The van der Waals surface area contributed by atoms with E-state index in [1.807, 2.05) is 12.1 Å². The molecule has 2 aliphatic rings. The number of carbonyl (C=O) groups is 2. The van der Waals surface area contributed by atoms with Gasteiger partial charge in [-0.25, -0.2) is 4.79 Å². The average Bonchev–Trinajstić information content (AvgIpc) is 3.10. The van der Waals surface area contributed by atoms with E-state index in [0.717, 1.165) is 18.5 Å². The predicted octanol–water partition coefficient (Wildman–Crippen LogP) is 2.64. The highest BCUT2D eigenvalue weighted by Gasteiger charge is 2.31. The molecule has 1 aliphatic heterocycles. The fourth-order valence-electron chi connectivity index (χ4n) is 3.13. The summed E-state index contributed by atoms with van der Waals surface area (Å²) in [5.74, 6) is -0.0619. The fraction of sp³-hybridized carbons (Fsp3) is 0.500. The summed E-state index contributed by atoms with van der Waals surface area (Å²) in [6.07, 6.45) is 4.45. The number of hydrogen-bond acceptors (Lipinski definition) is 2. The van der Waals surface area contributed by atoms with Crippen LogP contribution in [0, 0.1) is 0 Å². The van der Waals surface area contributed by atoms with Gasteiger partial charge in [0, 0.05) is 29.8 Å². The quantitative estimate of drug-likeness (QED) is 0.927. The zero-order valence-corrected chi connectivity index (χ0v) is 13.2. The third-order valence-electron chi connectivity index (χ3n) is 4.27. The van der Waals surface area contributed by atoms with Crippen LogP contribution in [0.4, 0.5) is 10.5 Å². The summed E-state index contributed by atoms with van der Waals surface area (Å²) >= 11 is 5.97. The van der Waals surface area contributed by atoms with Crippen molar-refractivity contribution >= 4 is 29.2 Å². The zero-order chi connectivity index (χ0) is 15.5. The Kier molecular flexibility index (Phi) is 4.52. The van der Waals surface area contributed by atoms with Crippen molar-refractivity contribution in [2.75, 3.05) is 24.5 Å². The van der Waals surface area contributed by atoms with Crippen LogP contribution in [0.2, 0.25) is 5.02 Å². The Morgan fingerprint density at radius 1 is 1.27 bits per heavy atom. The van der Waals surface area contributed by atoms with Crippen molar-refractivity contribution in [2.24, 2.45) is 0 Å². The van der Waals surface area contributed by atoms with Crippen molar-refractivity contribution in [1.29, 1.82) is 0 Å². The molecule has 6 heteroatoms. The van der Waals surface area contributed by atoms with E-state index in [-0.39, 0.29) is 24.5 Å². The SMILES string of the molecule is O=C(CN1CCN(c2cccc(Cl)c2)C1=O)NC1CCCC1. The van der Waals surface area contributed by atoms with Gasteiger partial charge < -0.3 is 10.2 Å². The van der Waals surface area contributed by atoms with E-state index in [1.54, 1.807) is 21.9 Å². The highest BCUT2D eigenvalue weighted by Crippen LogP contribution is 2.23. The van der Waals surface area contributed by atoms with Crippen molar-refractivity contribution in [3.63, 3.8) is 0 Å². The molecule has 0 radical (unpaired) electrons. The van der Waals surface area contributed by atoms with E-state index in [2.05, 4.69) is 5.32 Å². The van der Waals surface area contributed by atoms with Crippen LogP contribution in [0.5, 0.6) is 0 Å². The van der Waals surface area contributed by atoms with Crippen LogP contribution in [0.25, 0.3) is 0 Å². The monoisotopic (exact) mass is 321 g/mol. The summed E-state index contributed by atoms with van der Waals surface area (Å²) in [5.41, 5.74) is 0.774. The second-order valence-corrected chi connectivity index (χ2v) is 6.32. The second-order valence-electron chi connectivity index (χ2n) is 5.88. The fourth-order valence-corrected chi connectivity index (χ4v) is 3.31. The molecule has 3 rings (SSSR count). The van der Waals surface area contributed by atoms with Crippen LogP contribution in [0.1, 0.15) is 25.7 Å². The minimum atomic E-state index is -0.135. The molecule has 0 bridgehead atoms. The molecule has 118 valence electrons. The summed E-state index contributed by atoms with van der Waals surface area (Å²) in [5, 5.41) is 3.62. The predicted molar refractivity (Wildman–Crippen MR) is 86.2 cm³/mol. The standard InChI is InChI=1S/C16H20ClN3O2/c17-12-4-3-7-14(10-12)20-9-8-19(16(20)22)11-15(21)18-13-5-1-2-6-13/h3-4,7,10,13H,1-2,5-6,8-9,11H2,(H,18,21). The van der Waals surface area contributed by atoms with Crippen molar-refractivity contribution in [2.45, 2.75) is 31.7 Å². The first-order valence-electron chi connectivity index (χ1n) is 7.75. The molecule has 1 saturated carbocycles. The van der Waals surface area contributed by atoms with Crippen LogP contribution >= 0.6 is 11.6 Å². The van der Waals surface area contributed by atoms with Crippen molar-refractivity contribution in [3.05, 3.63) is 29.3 Å². The van der Waals surface area contributed by atoms with Crippen LogP contribution in [-0.4, -0.2) is 42.5 Å². The Balaban J connectivity index is 1.57. The minimum absolute atomic E-state index is 0.0619. The van der Waals surface area contributed by atoms with Gasteiger partial charge in [-0.15, -0.1) is 0 Å². The maximum atomic E-state index is 12.4. The summed E-state index contributed by atoms with van der Waals surface area (Å²) in [6, 6.07) is 7.37. The first-order chi connectivity index (χ1) is 10.6. The third kappa shape index (κ3) is 3.35. The lowest BCUT2D eigenvalue weighted by molar-refractivity contribution is -0.122. The molecule has 0 aromatic heterocycles. The molecule has 1 N–H and O–H groups in total. The number of nitrogens with one attached hydrogen (secondary N) is 1. The molecule has 2 fully saturated rings. The maximum absolute atomic E-state index is 12.4. The highest BCUT2D eigenvalue weighted by molar-refractivity contribution is 6.30. The number of hydrogen-bond donors (Lipinski definition) is 1. The zero-order valence-electron chi connectivity index (χ0n) is 12.4. The molecule has 22 heavy (non-hydrogen) atoms. The molecule has 5 nitrogen and oxygen atoms in total. The van der Waals surface area contributed by atoms with Gasteiger partial charge in [0.15, 0.2) is 0 Å². The van der Waals surface area contributed by atoms with Crippen molar-refractivity contribution < 1.29 is 9.59 Å². The Bertz CT molecular complexity index is 572. The molecular formula is C16H20ClN3O2. The van der Waals surface area contributed by atoms with Gasteiger partial charge in [-0.1, -0.05) is 30.5 Å². The van der Waals surface area contributed by atoms with Gasteiger partial charge in [-0.2, -0.15) is 0 Å². The number of halogens is 1. The van der Waals surface area contributed by atoms with E-state index < -0.39 is 0 Å². The first-order valence-corrected chi connectivity index (χ1v) is 8.12. The summed E-state index contributed by atoms with van der Waals surface area (Å²) in [4.78, 5) is 27.7. The van der Waals surface area contributed by atoms with E-state index in [1.165, 1.54) is 12.8 Å². The number of rotatable bonds is 4. The normalized spacial score (nSPS) is 19.0. The van der Waals surface area contributed by atoms with Gasteiger partial charge in [-0.05, 0) is 31.0 Å². The van der Waals surface area contributed by atoms with Gasteiger partial charge in [-0.3, -0.25) is 9.69 Å². The summed E-state index contributed by atoms with van der Waals surface area (Å²) in [6.45, 7) is 1.27. The molecule has 1 heterocycles. The third-order valence-corrected chi connectivity index (χ3v) is 4.50. The summed E-state index contributed by atoms with van der Waals surface area (Å²) < 4.78 is 0. The van der Waals surface area contributed by atoms with Crippen molar-refractivity contribution in [1.82, 2.24) is 10.2 Å². The molecule has 1 aromatic rings. The van der Waals surface area contributed by atoms with Crippen LogP contribution in [0.15, 0.2) is 24.3 Å². The first kappa shape index (κ1) is 15.2. The van der Waals surface area contributed by atoms with Gasteiger partial charge in [0.1, 0.15) is 6.54 Å². The number of carbonyl (C=O) groups excluding carboxylic acids is 2. The molecule has 0 spiro atoms. The van der Waals surface area contributed by atoms with Crippen LogP contribution < -0.4 is 10.2 Å². The lowest BCUT2D eigenvalue weighted by Crippen LogP contribution is -2.42. The van der Waals surface area contributed by atoms with Crippen LogP contribution in [-0.2, 0) is 4.79 Å². The van der Waals surface area contributed by atoms with Gasteiger partial charge >= 0.3 is 6.03 Å². The topological polar surface area (TPSA) is 52.7 Å². The molecule has 3 amide bonds. The molecule has 1 saturated heterocycles. The van der Waals surface area contributed by atoms with Gasteiger partial charge in [0.2, 0.25) is 5.91 Å². The average molecular weight is 322 g/mol. The highest BCUT2D eigenvalue weighted by atomic mass is 35.5. The number of benzene rings is 1. The van der Waals surface area contributed by atoms with Crippen molar-refractivity contribution in [3.8, 4) is 0 Å². The van der Waals surface area contributed by atoms with E-state index >= 15 is 0 Å². The largest absolute Gasteiger partial charge is 0.352 e. The maximum Gasteiger partial charge on any atom is 0.325 e. The Labute approximate surface area is 135 Å². The Hall–Kier alpha value is -1.75. The molecule has 1 aliphatic carbocycles. The molecule has 1 aromatic carbocycles. The van der Waals surface area contributed by atoms with Gasteiger partial charge in [0.25, 0.3) is 0 Å². The molecular weight excluding hydrogens is 302 g/mol. The van der Waals surface area contributed by atoms with Crippen LogP contribution in [0.3, 0.4) is 0 Å². The van der Waals surface area contributed by atoms with E-state index in [9.17, 15) is 9.59 Å². The smallest absolute Gasteiger partial charge is 0.325 e. The molecule has 0 unspecified atom stereocenters. The van der Waals surface area contributed by atoms with E-state index in [4.69, 9.17) is 11.6 Å². The number of nitrogens with zero attached hydrogens (tertiary/aromatic N) is 2. The lowest BCUT2D eigenvalue weighted by Gasteiger charge is -2.19. The van der Waals surface area contributed by atoms with Gasteiger partial charge in [0.05, 0.1) is 0 Å². The Morgan fingerprint density at radius 3 is 2.77 bits per heavy atom.